The molecule has 2 N–H and O–H groups in total. The van der Waals surface area contributed by atoms with Gasteiger partial charge in [-0.1, -0.05) is 0 Å². The van der Waals surface area contributed by atoms with Crippen LogP contribution in [0.3, 0.4) is 0 Å². The van der Waals surface area contributed by atoms with Crippen LogP contribution in [-0.2, 0) is 4.79 Å². The topological polar surface area (TPSA) is 62.5 Å². The number of hydrogen-bond donors (Lipinski definition) is 1. The zero-order chi connectivity index (χ0) is 12.4. The van der Waals surface area contributed by atoms with Crippen LogP contribution in [-0.4, -0.2) is 42.0 Å². The van der Waals surface area contributed by atoms with Crippen LogP contribution in [0.1, 0.15) is 6.92 Å². The summed E-state index contributed by atoms with van der Waals surface area (Å²) in [5, 5.41) is 0. The van der Waals surface area contributed by atoms with E-state index in [1.807, 2.05) is 4.90 Å². The molecule has 0 unspecified atom stereocenters. The van der Waals surface area contributed by atoms with Gasteiger partial charge >= 0.3 is 0 Å². The number of hydrogen-bond acceptors (Lipinski definition) is 4. The van der Waals surface area contributed by atoms with Crippen LogP contribution in [0.2, 0.25) is 0 Å². The summed E-state index contributed by atoms with van der Waals surface area (Å²) in [6, 6.07) is 2.75. The molecule has 92 valence electrons. The summed E-state index contributed by atoms with van der Waals surface area (Å²) in [7, 11) is 0. The largest absolute Gasteiger partial charge is 0.384 e. The summed E-state index contributed by atoms with van der Waals surface area (Å²) in [6.45, 7) is 3.87. The molecule has 1 amide bonds. The molecule has 1 aliphatic rings. The number of anilines is 2. The maximum Gasteiger partial charge on any atom is 0.219 e. The average Bonchev–Trinajstić information content (AvgIpc) is 2.32. The molecule has 6 heteroatoms. The molecule has 1 aliphatic heterocycles. The lowest BCUT2D eigenvalue weighted by Crippen LogP contribution is -2.48. The molecule has 2 heterocycles. The fraction of sp³-hybridized carbons (Fsp3) is 0.455. The Morgan fingerprint density at radius 1 is 1.35 bits per heavy atom. The molecule has 0 bridgehead atoms. The van der Waals surface area contributed by atoms with E-state index in [0.717, 1.165) is 0 Å². The van der Waals surface area contributed by atoms with Gasteiger partial charge in [0.1, 0.15) is 5.82 Å². The van der Waals surface area contributed by atoms with Gasteiger partial charge < -0.3 is 15.5 Å². The van der Waals surface area contributed by atoms with Gasteiger partial charge in [0.05, 0.1) is 0 Å². The number of rotatable bonds is 1. The Kier molecular flexibility index (Phi) is 3.12. The third-order valence-corrected chi connectivity index (χ3v) is 2.87. The van der Waals surface area contributed by atoms with Crippen molar-refractivity contribution in [3.63, 3.8) is 0 Å². The first-order valence-corrected chi connectivity index (χ1v) is 5.50. The zero-order valence-electron chi connectivity index (χ0n) is 9.69. The fourth-order valence-electron chi connectivity index (χ4n) is 1.90. The molecule has 0 aromatic carbocycles. The second-order valence-electron chi connectivity index (χ2n) is 4.03. The highest BCUT2D eigenvalue weighted by atomic mass is 19.1. The number of carbonyl (C=O) groups is 1. The minimum Gasteiger partial charge on any atom is -0.384 e. The Labute approximate surface area is 99.0 Å². The standard InChI is InChI=1S/C11H15FN4O/c1-8(17)15-4-6-16(7-5-15)11-9(12)2-3-10(13)14-11/h2-3H,4-7H2,1H3,(H2,13,14). The van der Waals surface area contributed by atoms with Crippen LogP contribution in [0.4, 0.5) is 16.0 Å². The number of pyridine rings is 1. The first-order valence-electron chi connectivity index (χ1n) is 5.50. The number of nitrogen functional groups attached to an aromatic ring is 1. The molecule has 1 fully saturated rings. The van der Waals surface area contributed by atoms with Crippen molar-refractivity contribution in [2.45, 2.75) is 6.92 Å². The van der Waals surface area contributed by atoms with Gasteiger partial charge in [0.25, 0.3) is 0 Å². The normalized spacial score (nSPS) is 16.1. The molecule has 0 spiro atoms. The average molecular weight is 238 g/mol. The lowest BCUT2D eigenvalue weighted by atomic mass is 10.3. The van der Waals surface area contributed by atoms with Gasteiger partial charge in [0, 0.05) is 33.1 Å². The van der Waals surface area contributed by atoms with Gasteiger partial charge in [-0.3, -0.25) is 4.79 Å². The molecule has 17 heavy (non-hydrogen) atoms. The van der Waals surface area contributed by atoms with E-state index >= 15 is 0 Å². The van der Waals surface area contributed by atoms with Gasteiger partial charge in [0.2, 0.25) is 5.91 Å². The minimum atomic E-state index is -0.379. The van der Waals surface area contributed by atoms with Crippen LogP contribution >= 0.6 is 0 Å². The summed E-state index contributed by atoms with van der Waals surface area (Å²) in [4.78, 5) is 18.7. The Bertz CT molecular complexity index is 429. The molecular formula is C11H15FN4O. The molecule has 1 aromatic heterocycles. The Morgan fingerprint density at radius 3 is 2.59 bits per heavy atom. The van der Waals surface area contributed by atoms with E-state index in [-0.39, 0.29) is 17.5 Å². The van der Waals surface area contributed by atoms with Gasteiger partial charge in [-0.15, -0.1) is 0 Å². The first kappa shape index (κ1) is 11.6. The van der Waals surface area contributed by atoms with E-state index in [1.165, 1.54) is 19.1 Å². The molecule has 0 radical (unpaired) electrons. The number of aromatic nitrogens is 1. The summed E-state index contributed by atoms with van der Waals surface area (Å²) in [6.07, 6.45) is 0. The third-order valence-electron chi connectivity index (χ3n) is 2.87. The number of nitrogens with zero attached hydrogens (tertiary/aromatic N) is 3. The van der Waals surface area contributed by atoms with E-state index in [0.29, 0.717) is 32.0 Å². The summed E-state index contributed by atoms with van der Waals surface area (Å²) < 4.78 is 13.6. The molecule has 0 aliphatic carbocycles. The highest BCUT2D eigenvalue weighted by Crippen LogP contribution is 2.19. The van der Waals surface area contributed by atoms with E-state index in [2.05, 4.69) is 4.98 Å². The van der Waals surface area contributed by atoms with Crippen molar-refractivity contribution < 1.29 is 9.18 Å². The van der Waals surface area contributed by atoms with Crippen molar-refractivity contribution in [3.8, 4) is 0 Å². The highest BCUT2D eigenvalue weighted by Gasteiger charge is 2.21. The summed E-state index contributed by atoms with van der Waals surface area (Å²) >= 11 is 0. The number of amides is 1. The number of halogens is 1. The predicted octanol–water partition coefficient (Wildman–Crippen LogP) is 0.471. The predicted molar refractivity (Wildman–Crippen MR) is 63.1 cm³/mol. The van der Waals surface area contributed by atoms with Crippen molar-refractivity contribution in [2.24, 2.45) is 0 Å². The molecule has 5 nitrogen and oxygen atoms in total. The third kappa shape index (κ3) is 2.46. The second kappa shape index (κ2) is 4.57. The van der Waals surface area contributed by atoms with Gasteiger partial charge in [-0.25, -0.2) is 9.37 Å². The van der Waals surface area contributed by atoms with Crippen LogP contribution < -0.4 is 10.6 Å². The van der Waals surface area contributed by atoms with Crippen molar-refractivity contribution in [2.75, 3.05) is 36.8 Å². The summed E-state index contributed by atoms with van der Waals surface area (Å²) in [5.41, 5.74) is 5.54. The molecule has 0 atom stereocenters. The van der Waals surface area contributed by atoms with Crippen LogP contribution in [0.5, 0.6) is 0 Å². The van der Waals surface area contributed by atoms with E-state index < -0.39 is 0 Å². The number of piperazine rings is 1. The lowest BCUT2D eigenvalue weighted by molar-refractivity contribution is -0.129. The SMILES string of the molecule is CC(=O)N1CCN(c2nc(N)ccc2F)CC1. The van der Waals surface area contributed by atoms with E-state index in [4.69, 9.17) is 5.73 Å². The number of carbonyl (C=O) groups excluding carboxylic acids is 1. The highest BCUT2D eigenvalue weighted by molar-refractivity contribution is 5.73. The monoisotopic (exact) mass is 238 g/mol. The second-order valence-corrected chi connectivity index (χ2v) is 4.03. The Balaban J connectivity index is 2.10. The molecule has 1 saturated heterocycles. The van der Waals surface area contributed by atoms with Gasteiger partial charge in [0.15, 0.2) is 11.6 Å². The van der Waals surface area contributed by atoms with E-state index in [9.17, 15) is 9.18 Å². The van der Waals surface area contributed by atoms with Crippen LogP contribution in [0, 0.1) is 5.82 Å². The maximum absolute atomic E-state index is 13.6. The molecular weight excluding hydrogens is 223 g/mol. The van der Waals surface area contributed by atoms with Crippen molar-refractivity contribution in [1.82, 2.24) is 9.88 Å². The maximum atomic E-state index is 13.6. The van der Waals surface area contributed by atoms with Gasteiger partial charge in [-0.2, -0.15) is 0 Å². The van der Waals surface area contributed by atoms with Gasteiger partial charge in [-0.05, 0) is 12.1 Å². The van der Waals surface area contributed by atoms with Crippen molar-refractivity contribution in [3.05, 3.63) is 17.9 Å². The smallest absolute Gasteiger partial charge is 0.219 e. The fourth-order valence-corrected chi connectivity index (χ4v) is 1.90. The van der Waals surface area contributed by atoms with Crippen LogP contribution in [0.25, 0.3) is 0 Å². The molecule has 2 rings (SSSR count). The quantitative estimate of drug-likeness (QED) is 0.772. The van der Waals surface area contributed by atoms with Crippen molar-refractivity contribution in [1.29, 1.82) is 0 Å². The van der Waals surface area contributed by atoms with Crippen LogP contribution in [0.15, 0.2) is 12.1 Å². The summed E-state index contributed by atoms with van der Waals surface area (Å²) in [5.74, 6) is 0.240. The number of nitrogens with two attached hydrogens (primary N) is 1. The minimum absolute atomic E-state index is 0.0469. The Hall–Kier alpha value is -1.85. The molecule has 1 aromatic rings. The first-order chi connectivity index (χ1) is 8.08. The van der Waals surface area contributed by atoms with Crippen molar-refractivity contribution >= 4 is 17.5 Å². The Morgan fingerprint density at radius 2 is 2.00 bits per heavy atom. The molecule has 0 saturated carbocycles. The van der Waals surface area contributed by atoms with E-state index in [1.54, 1.807) is 4.90 Å². The lowest BCUT2D eigenvalue weighted by Gasteiger charge is -2.35. The zero-order valence-corrected chi connectivity index (χ0v) is 9.69.